The molecule has 20 heavy (non-hydrogen) atoms. The predicted molar refractivity (Wildman–Crippen MR) is 84.1 cm³/mol. The minimum Gasteiger partial charge on any atom is -0.462 e. The number of halogens is 1. The Bertz CT molecular complexity index is 494. The minimum atomic E-state index is -0.705. The van der Waals surface area contributed by atoms with Crippen LogP contribution in [-0.2, 0) is 19.1 Å². The second-order valence-corrected chi connectivity index (χ2v) is 4.90. The SMILES string of the molecule is CCOC(=O)C(=CNc1cccc(I)c1)C(=O)OCC. The normalized spacial score (nSPS) is 9.55. The van der Waals surface area contributed by atoms with Crippen LogP contribution in [-0.4, -0.2) is 25.2 Å². The van der Waals surface area contributed by atoms with Crippen LogP contribution < -0.4 is 5.32 Å². The number of hydrogen-bond acceptors (Lipinski definition) is 5. The molecule has 0 amide bonds. The first kappa shape index (κ1) is 16.5. The fraction of sp³-hybridized carbons (Fsp3) is 0.286. The third-order valence-corrected chi connectivity index (χ3v) is 2.87. The van der Waals surface area contributed by atoms with Gasteiger partial charge in [0, 0.05) is 15.5 Å². The molecule has 0 aliphatic heterocycles. The first-order valence-corrected chi connectivity index (χ1v) is 7.22. The van der Waals surface area contributed by atoms with Gasteiger partial charge < -0.3 is 14.8 Å². The zero-order valence-corrected chi connectivity index (χ0v) is 13.5. The number of esters is 2. The molecule has 1 N–H and O–H groups in total. The monoisotopic (exact) mass is 389 g/mol. The molecule has 0 spiro atoms. The van der Waals surface area contributed by atoms with Crippen LogP contribution in [0.1, 0.15) is 13.8 Å². The fourth-order valence-electron chi connectivity index (χ4n) is 1.35. The largest absolute Gasteiger partial charge is 0.462 e. The van der Waals surface area contributed by atoms with Crippen molar-refractivity contribution in [2.75, 3.05) is 18.5 Å². The number of hydrogen-bond donors (Lipinski definition) is 1. The van der Waals surface area contributed by atoms with Gasteiger partial charge in [-0.15, -0.1) is 0 Å². The molecule has 108 valence electrons. The van der Waals surface area contributed by atoms with Crippen LogP contribution in [0.4, 0.5) is 5.69 Å². The van der Waals surface area contributed by atoms with Crippen molar-refractivity contribution in [3.05, 3.63) is 39.6 Å². The maximum Gasteiger partial charge on any atom is 0.347 e. The second-order valence-electron chi connectivity index (χ2n) is 3.65. The van der Waals surface area contributed by atoms with Gasteiger partial charge in [-0.3, -0.25) is 0 Å². The molecule has 0 heterocycles. The average Bonchev–Trinajstić information content (AvgIpc) is 2.39. The predicted octanol–water partition coefficient (Wildman–Crippen LogP) is 2.71. The van der Waals surface area contributed by atoms with Gasteiger partial charge in [0.05, 0.1) is 13.2 Å². The smallest absolute Gasteiger partial charge is 0.347 e. The van der Waals surface area contributed by atoms with Crippen LogP contribution in [0.2, 0.25) is 0 Å². The first-order valence-electron chi connectivity index (χ1n) is 6.15. The van der Waals surface area contributed by atoms with E-state index in [1.165, 1.54) is 6.20 Å². The minimum absolute atomic E-state index is 0.160. The van der Waals surface area contributed by atoms with E-state index in [9.17, 15) is 9.59 Å². The van der Waals surface area contributed by atoms with Crippen LogP contribution in [0, 0.1) is 3.57 Å². The zero-order valence-electron chi connectivity index (χ0n) is 11.3. The molecular formula is C14H16INO4. The zero-order chi connectivity index (χ0) is 15.0. The van der Waals surface area contributed by atoms with Gasteiger partial charge in [-0.2, -0.15) is 0 Å². The molecule has 1 rings (SSSR count). The lowest BCUT2D eigenvalue weighted by Gasteiger charge is -2.07. The third-order valence-electron chi connectivity index (χ3n) is 2.20. The average molecular weight is 389 g/mol. The Balaban J connectivity index is 2.89. The molecule has 0 bridgehead atoms. The molecule has 1 aromatic carbocycles. The van der Waals surface area contributed by atoms with Crippen molar-refractivity contribution in [1.82, 2.24) is 0 Å². The highest BCUT2D eigenvalue weighted by Crippen LogP contribution is 2.13. The molecule has 0 radical (unpaired) electrons. The summed E-state index contributed by atoms with van der Waals surface area (Å²) < 4.78 is 10.7. The summed E-state index contributed by atoms with van der Waals surface area (Å²) in [6.45, 7) is 3.74. The van der Waals surface area contributed by atoms with E-state index >= 15 is 0 Å². The number of carbonyl (C=O) groups is 2. The highest BCUT2D eigenvalue weighted by molar-refractivity contribution is 14.1. The van der Waals surface area contributed by atoms with Gasteiger partial charge in [0.15, 0.2) is 5.57 Å². The van der Waals surface area contributed by atoms with Gasteiger partial charge in [0.2, 0.25) is 0 Å². The van der Waals surface area contributed by atoms with Crippen LogP contribution in [0.15, 0.2) is 36.0 Å². The lowest BCUT2D eigenvalue weighted by Crippen LogP contribution is -2.19. The van der Waals surface area contributed by atoms with Gasteiger partial charge in [0.25, 0.3) is 0 Å². The molecule has 5 nitrogen and oxygen atoms in total. The maximum atomic E-state index is 11.7. The van der Waals surface area contributed by atoms with E-state index in [4.69, 9.17) is 9.47 Å². The maximum absolute atomic E-state index is 11.7. The number of carbonyl (C=O) groups excluding carboxylic acids is 2. The molecule has 0 aromatic heterocycles. The molecule has 0 saturated carbocycles. The number of nitrogens with one attached hydrogen (secondary N) is 1. The fourth-order valence-corrected chi connectivity index (χ4v) is 1.90. The highest BCUT2D eigenvalue weighted by Gasteiger charge is 2.20. The lowest BCUT2D eigenvalue weighted by molar-refractivity contribution is -0.146. The van der Waals surface area contributed by atoms with Gasteiger partial charge in [-0.25, -0.2) is 9.59 Å². The Labute approximate surface area is 131 Å². The molecule has 0 unspecified atom stereocenters. The Morgan fingerprint density at radius 1 is 1.20 bits per heavy atom. The van der Waals surface area contributed by atoms with E-state index in [0.717, 1.165) is 9.26 Å². The van der Waals surface area contributed by atoms with Gasteiger partial charge in [0.1, 0.15) is 0 Å². The first-order chi connectivity index (χ1) is 9.58. The summed E-state index contributed by atoms with van der Waals surface area (Å²) in [5.41, 5.74) is 0.607. The van der Waals surface area contributed by atoms with Crippen LogP contribution in [0.5, 0.6) is 0 Å². The van der Waals surface area contributed by atoms with Crippen molar-refractivity contribution in [3.8, 4) is 0 Å². The van der Waals surface area contributed by atoms with Crippen molar-refractivity contribution < 1.29 is 19.1 Å². The van der Waals surface area contributed by atoms with Crippen LogP contribution in [0.25, 0.3) is 0 Å². The van der Waals surface area contributed by atoms with Gasteiger partial charge in [-0.05, 0) is 54.6 Å². The molecular weight excluding hydrogens is 373 g/mol. The Kier molecular flexibility index (Phi) is 7.06. The summed E-state index contributed by atoms with van der Waals surface area (Å²) in [4.78, 5) is 23.4. The summed E-state index contributed by atoms with van der Waals surface area (Å²) in [5, 5.41) is 2.90. The van der Waals surface area contributed by atoms with Crippen LogP contribution >= 0.6 is 22.6 Å². The third kappa shape index (κ3) is 5.20. The summed E-state index contributed by atoms with van der Waals surface area (Å²) in [6, 6.07) is 7.51. The topological polar surface area (TPSA) is 64.6 Å². The molecule has 6 heteroatoms. The van der Waals surface area contributed by atoms with E-state index in [2.05, 4.69) is 27.9 Å². The summed E-state index contributed by atoms with van der Waals surface area (Å²) >= 11 is 2.17. The van der Waals surface area contributed by atoms with Crippen molar-refractivity contribution in [2.24, 2.45) is 0 Å². The molecule has 1 aromatic rings. The van der Waals surface area contributed by atoms with E-state index < -0.39 is 11.9 Å². The number of rotatable bonds is 6. The molecule has 0 aliphatic rings. The van der Waals surface area contributed by atoms with Crippen molar-refractivity contribution in [3.63, 3.8) is 0 Å². The van der Waals surface area contributed by atoms with E-state index in [1.54, 1.807) is 13.8 Å². The van der Waals surface area contributed by atoms with Crippen LogP contribution in [0.3, 0.4) is 0 Å². The molecule has 0 fully saturated rings. The highest BCUT2D eigenvalue weighted by atomic mass is 127. The van der Waals surface area contributed by atoms with Gasteiger partial charge in [-0.1, -0.05) is 6.07 Å². The van der Waals surface area contributed by atoms with Gasteiger partial charge >= 0.3 is 11.9 Å². The number of ether oxygens (including phenoxy) is 2. The summed E-state index contributed by atoms with van der Waals surface area (Å²) in [7, 11) is 0. The molecule has 0 saturated heterocycles. The van der Waals surface area contributed by atoms with Crippen molar-refractivity contribution >= 4 is 40.2 Å². The van der Waals surface area contributed by atoms with E-state index in [0.29, 0.717) is 0 Å². The molecule has 0 aliphatic carbocycles. The Morgan fingerprint density at radius 3 is 2.30 bits per heavy atom. The quantitative estimate of drug-likeness (QED) is 0.267. The standard InChI is InChI=1S/C14H16INO4/c1-3-19-13(17)12(14(18)20-4-2)9-16-11-7-5-6-10(15)8-11/h5-9,16H,3-4H2,1-2H3. The lowest BCUT2D eigenvalue weighted by atomic mass is 10.3. The molecule has 0 atom stereocenters. The second kappa shape index (κ2) is 8.57. The number of anilines is 1. The Morgan fingerprint density at radius 2 is 1.80 bits per heavy atom. The number of benzene rings is 1. The Hall–Kier alpha value is -1.57. The van der Waals surface area contributed by atoms with Crippen molar-refractivity contribution in [2.45, 2.75) is 13.8 Å². The van der Waals surface area contributed by atoms with E-state index in [-0.39, 0.29) is 18.8 Å². The summed E-state index contributed by atoms with van der Waals surface area (Å²) in [5.74, 6) is -1.41. The summed E-state index contributed by atoms with van der Waals surface area (Å²) in [6.07, 6.45) is 1.31. The van der Waals surface area contributed by atoms with Crippen molar-refractivity contribution in [1.29, 1.82) is 0 Å². The van der Waals surface area contributed by atoms with E-state index in [1.807, 2.05) is 24.3 Å².